The lowest BCUT2D eigenvalue weighted by Crippen LogP contribution is -2.46. The van der Waals surface area contributed by atoms with Gasteiger partial charge in [-0.3, -0.25) is 9.36 Å². The number of aliphatic hydroxyl groups excluding tert-OH is 1. The molecule has 0 aromatic rings. The highest BCUT2D eigenvalue weighted by atomic mass is 31.2. The summed E-state index contributed by atoms with van der Waals surface area (Å²) in [5, 5.41) is 13.8. The second kappa shape index (κ2) is 34.9. The van der Waals surface area contributed by atoms with Gasteiger partial charge < -0.3 is 28.8 Å². The van der Waals surface area contributed by atoms with Gasteiger partial charge in [-0.1, -0.05) is 158 Å². The highest BCUT2D eigenvalue weighted by Gasteiger charge is 2.24. The molecular weight excluding hydrogens is 671 g/mol. The number of likely N-dealkylation sites (N-methyl/N-ethyl adjacent to an activating group) is 1. The van der Waals surface area contributed by atoms with E-state index in [0.29, 0.717) is 23.9 Å². The fourth-order valence-corrected chi connectivity index (χ4v) is 6.21. The molecule has 0 aliphatic heterocycles. The van der Waals surface area contributed by atoms with Crippen LogP contribution in [0.2, 0.25) is 0 Å². The van der Waals surface area contributed by atoms with Crippen LogP contribution in [0.15, 0.2) is 60.8 Å². The van der Waals surface area contributed by atoms with Crippen LogP contribution < -0.4 is 10.2 Å². The van der Waals surface area contributed by atoms with Crippen molar-refractivity contribution in [2.24, 2.45) is 0 Å². The summed E-state index contributed by atoms with van der Waals surface area (Å²) in [4.78, 5) is 25.2. The first-order chi connectivity index (χ1) is 25.0. The van der Waals surface area contributed by atoms with E-state index in [9.17, 15) is 19.4 Å². The zero-order valence-electron chi connectivity index (χ0n) is 34.0. The number of carbonyl (C=O) groups excluding carboxylic acids is 1. The summed E-state index contributed by atoms with van der Waals surface area (Å²) in [5.74, 6) is -0.225. The zero-order chi connectivity index (χ0) is 38.6. The molecule has 1 amide bonds. The van der Waals surface area contributed by atoms with Crippen LogP contribution in [-0.2, 0) is 18.4 Å². The first-order valence-electron chi connectivity index (χ1n) is 20.6. The number of quaternary nitrogens is 1. The smallest absolute Gasteiger partial charge is 0.268 e. The number of hydrogen-bond acceptors (Lipinski definition) is 6. The number of amides is 1. The normalized spacial score (nSPS) is 15.1. The van der Waals surface area contributed by atoms with E-state index in [1.54, 1.807) is 0 Å². The molecule has 52 heavy (non-hydrogen) atoms. The Hall–Kier alpha value is -1.80. The monoisotopic (exact) mass is 751 g/mol. The van der Waals surface area contributed by atoms with E-state index in [4.69, 9.17) is 9.05 Å². The lowest BCUT2D eigenvalue weighted by Gasteiger charge is -2.30. The van der Waals surface area contributed by atoms with Crippen LogP contribution in [0.1, 0.15) is 155 Å². The maximum absolute atomic E-state index is 12.8. The number of nitrogens with zero attached hydrogens (tertiary/aromatic N) is 1. The predicted octanol–water partition coefficient (Wildman–Crippen LogP) is 10.4. The van der Waals surface area contributed by atoms with Gasteiger partial charge in [-0.15, -0.1) is 0 Å². The van der Waals surface area contributed by atoms with Crippen molar-refractivity contribution in [1.82, 2.24) is 5.32 Å². The predicted molar refractivity (Wildman–Crippen MR) is 219 cm³/mol. The average Bonchev–Trinajstić information content (AvgIpc) is 3.09. The summed E-state index contributed by atoms with van der Waals surface area (Å²) in [5.41, 5.74) is 0. The second-order valence-electron chi connectivity index (χ2n) is 15.0. The molecule has 0 saturated heterocycles. The van der Waals surface area contributed by atoms with Gasteiger partial charge in [0.2, 0.25) is 5.91 Å². The van der Waals surface area contributed by atoms with Gasteiger partial charge in [0.15, 0.2) is 0 Å². The molecule has 0 bridgehead atoms. The lowest BCUT2D eigenvalue weighted by atomic mass is 10.0. The molecule has 0 saturated carbocycles. The third-order valence-electron chi connectivity index (χ3n) is 8.77. The molecule has 3 atom stereocenters. The third-order valence-corrected chi connectivity index (χ3v) is 9.73. The topological polar surface area (TPSA) is 108 Å². The highest BCUT2D eigenvalue weighted by Crippen LogP contribution is 2.38. The molecule has 0 aliphatic carbocycles. The summed E-state index contributed by atoms with van der Waals surface area (Å²) in [6, 6.07) is -0.831. The molecule has 8 nitrogen and oxygen atoms in total. The first kappa shape index (κ1) is 50.2. The Morgan fingerprint density at radius 1 is 0.692 bits per heavy atom. The number of allylic oxidation sites excluding steroid dienone is 10. The Morgan fingerprint density at radius 3 is 1.63 bits per heavy atom. The summed E-state index contributed by atoms with van der Waals surface area (Å²) in [6.45, 7) is 4.53. The van der Waals surface area contributed by atoms with Gasteiger partial charge in [0.1, 0.15) is 13.2 Å². The van der Waals surface area contributed by atoms with Crippen molar-refractivity contribution in [1.29, 1.82) is 0 Å². The molecular formula is C43H79N2O6P. The Bertz CT molecular complexity index is 1030. The minimum Gasteiger partial charge on any atom is -0.756 e. The Balaban J connectivity index is 4.54. The average molecular weight is 751 g/mol. The lowest BCUT2D eigenvalue weighted by molar-refractivity contribution is -0.870. The molecule has 9 heteroatoms. The van der Waals surface area contributed by atoms with Gasteiger partial charge in [0, 0.05) is 6.42 Å². The highest BCUT2D eigenvalue weighted by molar-refractivity contribution is 7.45. The first-order valence-corrected chi connectivity index (χ1v) is 22.1. The molecule has 0 rings (SSSR count). The molecule has 0 aliphatic rings. The van der Waals surface area contributed by atoms with Crippen molar-refractivity contribution in [3.05, 3.63) is 60.8 Å². The van der Waals surface area contributed by atoms with Crippen molar-refractivity contribution >= 4 is 13.7 Å². The number of nitrogens with one attached hydrogen (secondary N) is 1. The van der Waals surface area contributed by atoms with Crippen LogP contribution in [0.3, 0.4) is 0 Å². The summed E-state index contributed by atoms with van der Waals surface area (Å²) >= 11 is 0. The van der Waals surface area contributed by atoms with Gasteiger partial charge in [-0.05, 0) is 51.4 Å². The number of rotatable bonds is 36. The molecule has 0 spiro atoms. The minimum absolute atomic E-state index is 0.00137. The van der Waals surface area contributed by atoms with Crippen LogP contribution >= 0.6 is 7.82 Å². The molecule has 0 heterocycles. The van der Waals surface area contributed by atoms with Gasteiger partial charge in [0.05, 0.1) is 39.9 Å². The number of hydrogen-bond donors (Lipinski definition) is 2. The Kier molecular flexibility index (Phi) is 33.7. The van der Waals surface area contributed by atoms with E-state index in [2.05, 4.69) is 79.9 Å². The van der Waals surface area contributed by atoms with Crippen molar-refractivity contribution in [3.63, 3.8) is 0 Å². The number of aliphatic hydroxyl groups is 1. The molecule has 0 aromatic heterocycles. The van der Waals surface area contributed by atoms with E-state index >= 15 is 0 Å². The Morgan fingerprint density at radius 2 is 1.15 bits per heavy atom. The minimum atomic E-state index is -4.58. The molecule has 2 N–H and O–H groups in total. The van der Waals surface area contributed by atoms with Gasteiger partial charge in [0.25, 0.3) is 7.82 Å². The molecule has 0 aromatic carbocycles. The number of unbranched alkanes of at least 4 members (excludes halogenated alkanes) is 13. The number of carbonyl (C=O) groups is 1. The summed E-state index contributed by atoms with van der Waals surface area (Å²) in [6.07, 6.45) is 43.7. The van der Waals surface area contributed by atoms with E-state index < -0.39 is 20.0 Å². The van der Waals surface area contributed by atoms with Crippen LogP contribution in [0.4, 0.5) is 0 Å². The fraction of sp³-hybridized carbons (Fsp3) is 0.744. The van der Waals surface area contributed by atoms with E-state index in [1.165, 1.54) is 64.2 Å². The van der Waals surface area contributed by atoms with E-state index in [1.807, 2.05) is 21.1 Å². The van der Waals surface area contributed by atoms with E-state index in [0.717, 1.165) is 57.8 Å². The van der Waals surface area contributed by atoms with E-state index in [-0.39, 0.29) is 25.5 Å². The van der Waals surface area contributed by atoms with Crippen molar-refractivity contribution in [3.8, 4) is 0 Å². The number of phosphoric ester groups is 1. The maximum atomic E-state index is 12.8. The fourth-order valence-electron chi connectivity index (χ4n) is 5.48. The molecule has 3 unspecified atom stereocenters. The van der Waals surface area contributed by atoms with Gasteiger partial charge >= 0.3 is 0 Å². The van der Waals surface area contributed by atoms with Crippen molar-refractivity contribution in [2.45, 2.75) is 167 Å². The van der Waals surface area contributed by atoms with Crippen LogP contribution in [-0.4, -0.2) is 68.5 Å². The molecule has 0 fully saturated rings. The SMILES string of the molecule is CC/C=C\C/C=C\C/C=C\C/C=C\C/C=C\CCCC(=O)NC(COP(=O)([O-])OCC[N+](C)(C)C)C(O)CCCCCCCCCCCCCCC. The van der Waals surface area contributed by atoms with Crippen molar-refractivity contribution < 1.29 is 32.9 Å². The zero-order valence-corrected chi connectivity index (χ0v) is 34.9. The molecule has 302 valence electrons. The maximum Gasteiger partial charge on any atom is 0.268 e. The third kappa shape index (κ3) is 36.6. The van der Waals surface area contributed by atoms with Crippen molar-refractivity contribution in [2.75, 3.05) is 40.9 Å². The van der Waals surface area contributed by atoms with Gasteiger partial charge in [-0.25, -0.2) is 0 Å². The number of phosphoric acid groups is 1. The Labute approximate surface area is 320 Å². The van der Waals surface area contributed by atoms with Crippen LogP contribution in [0.5, 0.6) is 0 Å². The summed E-state index contributed by atoms with van der Waals surface area (Å²) in [7, 11) is 1.26. The van der Waals surface area contributed by atoms with Crippen LogP contribution in [0.25, 0.3) is 0 Å². The molecule has 0 radical (unpaired) electrons. The van der Waals surface area contributed by atoms with Crippen LogP contribution in [0, 0.1) is 0 Å². The quantitative estimate of drug-likeness (QED) is 0.0286. The second-order valence-corrected chi connectivity index (χ2v) is 16.4. The summed E-state index contributed by atoms with van der Waals surface area (Å²) < 4.78 is 23.2. The largest absolute Gasteiger partial charge is 0.756 e. The standard InChI is InChI=1S/C43H79N2O6P/c1-6-8-10-12-14-16-18-20-21-22-23-25-27-29-31-33-35-37-43(47)44-41(40-51-52(48,49)50-39-38-45(3,4)5)42(46)36-34-32-30-28-26-24-19-17-15-13-11-9-7-2/h8,10,14,16,20-21,23,25,29,31,41-42,46H,6-7,9,11-13,15,17-19,22,24,26-28,30,32-40H2,1-5H3,(H-,44,47,48,49)/b10-8-,16-14-,21-20-,25-23-,31-29-. The van der Waals surface area contributed by atoms with Gasteiger partial charge in [-0.2, -0.15) is 0 Å².